The Balaban J connectivity index is 2.59. The van der Waals surface area contributed by atoms with Crippen molar-refractivity contribution < 1.29 is 0 Å². The first-order chi connectivity index (χ1) is 5.46. The van der Waals surface area contributed by atoms with Gasteiger partial charge >= 0.3 is 0 Å². The van der Waals surface area contributed by atoms with Crippen molar-refractivity contribution in [3.8, 4) is 0 Å². The van der Waals surface area contributed by atoms with E-state index in [0.717, 1.165) is 23.7 Å². The van der Waals surface area contributed by atoms with E-state index in [1.165, 1.54) is 6.42 Å². The lowest BCUT2D eigenvalue weighted by Crippen LogP contribution is -2.19. The molecule has 1 aliphatic rings. The molecule has 0 bridgehead atoms. The van der Waals surface area contributed by atoms with Gasteiger partial charge in [0.05, 0.1) is 0 Å². The first-order valence-electron chi connectivity index (χ1n) is 5.46. The molecule has 0 nitrogen and oxygen atoms in total. The smallest absolute Gasteiger partial charge is 0.0241 e. The molecule has 0 aromatic rings. The summed E-state index contributed by atoms with van der Waals surface area (Å²) in [5.74, 6) is 3.68. The Hall–Kier alpha value is 0. The zero-order chi connectivity index (χ0) is 9.52. The molecule has 12 heavy (non-hydrogen) atoms. The summed E-state index contributed by atoms with van der Waals surface area (Å²) in [4.78, 5) is 0. The molecule has 0 radical (unpaired) electrons. The minimum absolute atomic E-state index is 0.648. The van der Waals surface area contributed by atoms with E-state index < -0.39 is 0 Å². The first-order valence-corrected chi connectivity index (χ1v) is 5.46. The summed E-state index contributed by atoms with van der Waals surface area (Å²) in [6.45, 7) is 14.4. The maximum Gasteiger partial charge on any atom is -0.0241 e. The van der Waals surface area contributed by atoms with Crippen molar-refractivity contribution in [2.45, 2.75) is 48.0 Å². The van der Waals surface area contributed by atoms with Crippen molar-refractivity contribution in [2.24, 2.45) is 29.1 Å². The van der Waals surface area contributed by atoms with Crippen molar-refractivity contribution in [3.05, 3.63) is 0 Å². The molecule has 0 heterocycles. The van der Waals surface area contributed by atoms with Crippen LogP contribution in [-0.4, -0.2) is 0 Å². The van der Waals surface area contributed by atoms with Gasteiger partial charge in [-0.2, -0.15) is 0 Å². The Morgan fingerprint density at radius 1 is 1.17 bits per heavy atom. The van der Waals surface area contributed by atoms with Crippen LogP contribution in [0.2, 0.25) is 0 Å². The average molecular weight is 168 g/mol. The quantitative estimate of drug-likeness (QED) is 0.598. The molecule has 1 rings (SSSR count). The second-order valence-electron chi connectivity index (χ2n) is 5.12. The van der Waals surface area contributed by atoms with Crippen LogP contribution in [-0.2, 0) is 0 Å². The SMILES string of the molecule is CCC(C)C(C)C1(C)C(C)C1C. The summed E-state index contributed by atoms with van der Waals surface area (Å²) in [5.41, 5.74) is 0.648. The van der Waals surface area contributed by atoms with Crippen LogP contribution in [0.5, 0.6) is 0 Å². The van der Waals surface area contributed by atoms with E-state index in [0.29, 0.717) is 5.41 Å². The van der Waals surface area contributed by atoms with Crippen LogP contribution in [0.15, 0.2) is 0 Å². The van der Waals surface area contributed by atoms with E-state index in [1.807, 2.05) is 0 Å². The Morgan fingerprint density at radius 3 is 1.83 bits per heavy atom. The van der Waals surface area contributed by atoms with Gasteiger partial charge in [-0.25, -0.2) is 0 Å². The van der Waals surface area contributed by atoms with Gasteiger partial charge in [-0.05, 0) is 29.1 Å². The molecule has 0 saturated heterocycles. The highest BCUT2D eigenvalue weighted by molar-refractivity contribution is 5.06. The van der Waals surface area contributed by atoms with E-state index in [9.17, 15) is 0 Å². The van der Waals surface area contributed by atoms with Crippen molar-refractivity contribution >= 4 is 0 Å². The average Bonchev–Trinajstić information content (AvgIpc) is 2.55. The highest BCUT2D eigenvalue weighted by Gasteiger charge is 2.58. The van der Waals surface area contributed by atoms with Gasteiger partial charge in [-0.1, -0.05) is 48.0 Å². The van der Waals surface area contributed by atoms with Gasteiger partial charge in [0.25, 0.3) is 0 Å². The Bertz CT molecular complexity index is 151. The predicted octanol–water partition coefficient (Wildman–Crippen LogP) is 3.96. The van der Waals surface area contributed by atoms with E-state index in [4.69, 9.17) is 0 Å². The molecule has 0 N–H and O–H groups in total. The van der Waals surface area contributed by atoms with Gasteiger partial charge in [0.1, 0.15) is 0 Å². The Labute approximate surface area is 77.7 Å². The summed E-state index contributed by atoms with van der Waals surface area (Å²) in [6.07, 6.45) is 1.33. The molecule has 1 aliphatic carbocycles. The van der Waals surface area contributed by atoms with Gasteiger partial charge in [0.15, 0.2) is 0 Å². The number of hydrogen-bond donors (Lipinski definition) is 0. The van der Waals surface area contributed by atoms with E-state index >= 15 is 0 Å². The molecule has 1 fully saturated rings. The molecule has 1 saturated carbocycles. The third kappa shape index (κ3) is 1.20. The molecule has 0 heteroatoms. The zero-order valence-corrected chi connectivity index (χ0v) is 9.52. The molecule has 0 aromatic heterocycles. The van der Waals surface area contributed by atoms with Crippen LogP contribution in [0.3, 0.4) is 0 Å². The van der Waals surface area contributed by atoms with Gasteiger partial charge in [-0.3, -0.25) is 0 Å². The minimum atomic E-state index is 0.648. The van der Waals surface area contributed by atoms with E-state index in [2.05, 4.69) is 41.5 Å². The van der Waals surface area contributed by atoms with Crippen molar-refractivity contribution in [2.75, 3.05) is 0 Å². The molecule has 4 unspecified atom stereocenters. The van der Waals surface area contributed by atoms with Crippen LogP contribution in [0.4, 0.5) is 0 Å². The monoisotopic (exact) mass is 168 g/mol. The zero-order valence-electron chi connectivity index (χ0n) is 9.52. The van der Waals surface area contributed by atoms with Gasteiger partial charge in [0.2, 0.25) is 0 Å². The van der Waals surface area contributed by atoms with Crippen molar-refractivity contribution in [1.82, 2.24) is 0 Å². The Kier molecular flexibility index (Phi) is 2.56. The second kappa shape index (κ2) is 3.05. The van der Waals surface area contributed by atoms with Crippen molar-refractivity contribution in [1.29, 1.82) is 0 Å². The lowest BCUT2D eigenvalue weighted by Gasteiger charge is -2.26. The maximum absolute atomic E-state index is 2.47. The summed E-state index contributed by atoms with van der Waals surface area (Å²) in [6, 6.07) is 0. The van der Waals surface area contributed by atoms with E-state index in [-0.39, 0.29) is 0 Å². The van der Waals surface area contributed by atoms with Gasteiger partial charge in [-0.15, -0.1) is 0 Å². The summed E-state index contributed by atoms with van der Waals surface area (Å²) in [5, 5.41) is 0. The summed E-state index contributed by atoms with van der Waals surface area (Å²) in [7, 11) is 0. The van der Waals surface area contributed by atoms with Crippen LogP contribution >= 0.6 is 0 Å². The molecule has 0 aliphatic heterocycles. The topological polar surface area (TPSA) is 0 Å². The molecular formula is C12H24. The molecular weight excluding hydrogens is 144 g/mol. The third-order valence-corrected chi connectivity index (χ3v) is 5.08. The van der Waals surface area contributed by atoms with Crippen LogP contribution in [0.25, 0.3) is 0 Å². The van der Waals surface area contributed by atoms with Gasteiger partial charge < -0.3 is 0 Å². The van der Waals surface area contributed by atoms with Crippen molar-refractivity contribution in [3.63, 3.8) is 0 Å². The lowest BCUT2D eigenvalue weighted by molar-refractivity contribution is 0.226. The fraction of sp³-hybridized carbons (Fsp3) is 1.00. The second-order valence-corrected chi connectivity index (χ2v) is 5.12. The number of rotatable bonds is 3. The summed E-state index contributed by atoms with van der Waals surface area (Å²) >= 11 is 0. The first kappa shape index (κ1) is 10.1. The lowest BCUT2D eigenvalue weighted by atomic mass is 9.79. The number of hydrogen-bond acceptors (Lipinski definition) is 0. The van der Waals surface area contributed by atoms with Crippen LogP contribution < -0.4 is 0 Å². The molecule has 72 valence electrons. The molecule has 0 aromatic carbocycles. The minimum Gasteiger partial charge on any atom is -0.0651 e. The normalized spacial score (nSPS) is 45.5. The molecule has 0 amide bonds. The van der Waals surface area contributed by atoms with Gasteiger partial charge in [0, 0.05) is 0 Å². The Morgan fingerprint density at radius 2 is 1.58 bits per heavy atom. The van der Waals surface area contributed by atoms with Crippen LogP contribution in [0, 0.1) is 29.1 Å². The standard InChI is InChI=1S/C12H24/c1-7-8(2)9(3)12(6)10(4)11(12)5/h8-11H,7H2,1-6H3. The predicted molar refractivity (Wildman–Crippen MR) is 55.1 cm³/mol. The maximum atomic E-state index is 2.47. The molecule has 0 spiro atoms. The molecule has 4 atom stereocenters. The fourth-order valence-electron chi connectivity index (χ4n) is 2.81. The van der Waals surface area contributed by atoms with Crippen LogP contribution in [0.1, 0.15) is 48.0 Å². The largest absolute Gasteiger partial charge is 0.0651 e. The summed E-state index contributed by atoms with van der Waals surface area (Å²) < 4.78 is 0. The fourth-order valence-corrected chi connectivity index (χ4v) is 2.81. The highest BCUT2D eigenvalue weighted by atomic mass is 14.6. The third-order valence-electron chi connectivity index (χ3n) is 5.08. The van der Waals surface area contributed by atoms with E-state index in [1.54, 1.807) is 0 Å². The highest BCUT2D eigenvalue weighted by Crippen LogP contribution is 2.64.